The topological polar surface area (TPSA) is 103 Å². The van der Waals surface area contributed by atoms with Crippen LogP contribution in [0.3, 0.4) is 0 Å². The van der Waals surface area contributed by atoms with Gasteiger partial charge in [0.15, 0.2) is 11.5 Å². The number of carbonyl (C=O) groups is 1. The highest BCUT2D eigenvalue weighted by Crippen LogP contribution is 2.46. The fourth-order valence-corrected chi connectivity index (χ4v) is 4.41. The van der Waals surface area contributed by atoms with Crippen molar-refractivity contribution in [3.8, 4) is 5.82 Å². The molecule has 0 fully saturated rings. The average Bonchev–Trinajstić information content (AvgIpc) is 3.40. The van der Waals surface area contributed by atoms with Crippen molar-refractivity contribution < 1.29 is 9.18 Å². The number of amides is 1. The Hall–Kier alpha value is -3.40. The number of carbonyl (C=O) groups excluding carboxylic acids is 1. The van der Waals surface area contributed by atoms with Crippen molar-refractivity contribution in [2.24, 2.45) is 0 Å². The second kappa shape index (κ2) is 6.81. The second-order valence-electron chi connectivity index (χ2n) is 8.19. The number of hydrogen-bond donors (Lipinski definition) is 1. The smallest absolute Gasteiger partial charge is 0.238 e. The molecule has 0 spiro atoms. The van der Waals surface area contributed by atoms with E-state index in [1.807, 2.05) is 13.8 Å². The number of rotatable bonds is 3. The van der Waals surface area contributed by atoms with E-state index in [1.54, 1.807) is 19.2 Å². The zero-order valence-corrected chi connectivity index (χ0v) is 17.7. The molecule has 4 aromatic rings. The van der Waals surface area contributed by atoms with E-state index in [1.165, 1.54) is 27.9 Å². The summed E-state index contributed by atoms with van der Waals surface area (Å²) in [6.07, 6.45) is 6.72. The van der Waals surface area contributed by atoms with E-state index in [4.69, 9.17) is 11.6 Å². The number of nitrogens with zero attached hydrogens (tertiary/aromatic N) is 7. The summed E-state index contributed by atoms with van der Waals surface area (Å²) in [4.78, 5) is 23.1. The zero-order valence-electron chi connectivity index (χ0n) is 17.0. The monoisotopic (exact) mass is 440 g/mol. The first-order chi connectivity index (χ1) is 14.8. The van der Waals surface area contributed by atoms with Crippen LogP contribution < -0.4 is 5.32 Å². The molecular weight excluding hydrogens is 423 g/mol. The van der Waals surface area contributed by atoms with Crippen molar-refractivity contribution >= 4 is 28.8 Å². The summed E-state index contributed by atoms with van der Waals surface area (Å²) in [5.74, 6) is -0.891. The molecule has 0 aliphatic heterocycles. The number of halogens is 2. The quantitative estimate of drug-likeness (QED) is 0.524. The van der Waals surface area contributed by atoms with E-state index in [9.17, 15) is 9.18 Å². The first kappa shape index (κ1) is 19.6. The molecule has 1 N–H and O–H groups in total. The molecular formula is C20H18ClFN8O. The maximum absolute atomic E-state index is 14.1. The standard InChI is InChI=1S/C20H18ClFN8O/c1-10-16(22)28-29-15-13(9-24-17(10)29)12(7-20(15,2)3)19(31)27-11-6-14(21)18(23-8-11)30-25-4-5-26-30/h4-6,8-9,12H,7H2,1-3H3,(H,27,31). The summed E-state index contributed by atoms with van der Waals surface area (Å²) in [6, 6.07) is 1.60. The zero-order chi connectivity index (χ0) is 21.9. The maximum Gasteiger partial charge on any atom is 0.238 e. The van der Waals surface area contributed by atoms with Gasteiger partial charge in [-0.2, -0.15) is 14.6 Å². The molecule has 4 aromatic heterocycles. The fourth-order valence-electron chi connectivity index (χ4n) is 4.17. The molecule has 1 atom stereocenters. The lowest BCUT2D eigenvalue weighted by atomic mass is 9.88. The highest BCUT2D eigenvalue weighted by atomic mass is 35.5. The van der Waals surface area contributed by atoms with Gasteiger partial charge in [0.25, 0.3) is 0 Å². The Bertz CT molecular complexity index is 1330. The Morgan fingerprint density at radius 1 is 1.26 bits per heavy atom. The molecule has 158 valence electrons. The van der Waals surface area contributed by atoms with Gasteiger partial charge < -0.3 is 5.32 Å². The first-order valence-corrected chi connectivity index (χ1v) is 10.0. The van der Waals surface area contributed by atoms with Gasteiger partial charge in [0.05, 0.1) is 46.5 Å². The third kappa shape index (κ3) is 3.05. The third-order valence-corrected chi connectivity index (χ3v) is 5.87. The van der Waals surface area contributed by atoms with Crippen LogP contribution in [0.25, 0.3) is 11.5 Å². The summed E-state index contributed by atoms with van der Waals surface area (Å²) in [6.45, 7) is 5.66. The normalized spacial score (nSPS) is 17.1. The third-order valence-electron chi connectivity index (χ3n) is 5.59. The van der Waals surface area contributed by atoms with Gasteiger partial charge in [-0.3, -0.25) is 4.79 Å². The lowest BCUT2D eigenvalue weighted by Gasteiger charge is -2.19. The molecule has 0 saturated carbocycles. The van der Waals surface area contributed by atoms with Crippen LogP contribution in [0.1, 0.15) is 43.0 Å². The molecule has 1 unspecified atom stereocenters. The molecule has 0 saturated heterocycles. The van der Waals surface area contributed by atoms with Gasteiger partial charge in [0.1, 0.15) is 0 Å². The number of anilines is 1. The number of aryl methyl sites for hydroxylation is 1. The molecule has 5 rings (SSSR count). The van der Waals surface area contributed by atoms with E-state index < -0.39 is 17.3 Å². The van der Waals surface area contributed by atoms with Gasteiger partial charge in [-0.1, -0.05) is 25.4 Å². The van der Waals surface area contributed by atoms with E-state index in [-0.39, 0.29) is 5.91 Å². The van der Waals surface area contributed by atoms with Gasteiger partial charge in [-0.15, -0.1) is 9.90 Å². The minimum atomic E-state index is -0.558. The molecule has 11 heteroatoms. The second-order valence-corrected chi connectivity index (χ2v) is 8.60. The van der Waals surface area contributed by atoms with E-state index in [2.05, 4.69) is 30.6 Å². The Kier molecular flexibility index (Phi) is 4.30. The van der Waals surface area contributed by atoms with Crippen LogP contribution in [-0.2, 0) is 10.2 Å². The van der Waals surface area contributed by atoms with E-state index in [0.717, 1.165) is 11.3 Å². The average molecular weight is 441 g/mol. The van der Waals surface area contributed by atoms with Crippen molar-refractivity contribution in [3.63, 3.8) is 0 Å². The number of hydrogen-bond acceptors (Lipinski definition) is 6. The lowest BCUT2D eigenvalue weighted by molar-refractivity contribution is -0.117. The van der Waals surface area contributed by atoms with Gasteiger partial charge in [-0.05, 0) is 19.4 Å². The Morgan fingerprint density at radius 3 is 2.71 bits per heavy atom. The molecule has 1 amide bonds. The molecule has 9 nitrogen and oxygen atoms in total. The highest BCUT2D eigenvalue weighted by Gasteiger charge is 2.43. The molecule has 31 heavy (non-hydrogen) atoms. The first-order valence-electron chi connectivity index (χ1n) is 9.63. The largest absolute Gasteiger partial charge is 0.324 e. The van der Waals surface area contributed by atoms with Gasteiger partial charge in [0.2, 0.25) is 11.9 Å². The van der Waals surface area contributed by atoms with E-state index >= 15 is 0 Å². The summed E-state index contributed by atoms with van der Waals surface area (Å²) in [5, 5.41) is 15.2. The molecule has 0 aromatic carbocycles. The van der Waals surface area contributed by atoms with Crippen molar-refractivity contribution in [1.29, 1.82) is 0 Å². The number of nitrogens with one attached hydrogen (secondary N) is 1. The van der Waals surface area contributed by atoms with Crippen molar-refractivity contribution in [1.82, 2.24) is 34.6 Å². The molecule has 0 radical (unpaired) electrons. The van der Waals surface area contributed by atoms with Crippen molar-refractivity contribution in [2.45, 2.75) is 38.5 Å². The summed E-state index contributed by atoms with van der Waals surface area (Å²) >= 11 is 6.30. The van der Waals surface area contributed by atoms with Crippen LogP contribution in [0.2, 0.25) is 5.02 Å². The highest BCUT2D eigenvalue weighted by molar-refractivity contribution is 6.32. The van der Waals surface area contributed by atoms with Crippen LogP contribution >= 0.6 is 11.6 Å². The summed E-state index contributed by atoms with van der Waals surface area (Å²) in [7, 11) is 0. The summed E-state index contributed by atoms with van der Waals surface area (Å²) in [5.41, 5.74) is 2.43. The van der Waals surface area contributed by atoms with Crippen LogP contribution in [0.4, 0.5) is 10.1 Å². The molecule has 4 heterocycles. The number of pyridine rings is 1. The minimum absolute atomic E-state index is 0.222. The SMILES string of the molecule is Cc1c(F)nn2c3c(cnc12)C(C(=O)Nc1cnc(-n2nccn2)c(Cl)c1)CC3(C)C. The lowest BCUT2D eigenvalue weighted by Crippen LogP contribution is -2.21. The van der Waals surface area contributed by atoms with Gasteiger partial charge in [0, 0.05) is 17.2 Å². The summed E-state index contributed by atoms with van der Waals surface area (Å²) < 4.78 is 15.6. The van der Waals surface area contributed by atoms with E-state index in [0.29, 0.717) is 34.2 Å². The maximum atomic E-state index is 14.1. The molecule has 1 aliphatic carbocycles. The van der Waals surface area contributed by atoms with Crippen LogP contribution in [-0.4, -0.2) is 40.5 Å². The van der Waals surface area contributed by atoms with Gasteiger partial charge >= 0.3 is 0 Å². The predicted octanol–water partition coefficient (Wildman–Crippen LogP) is 3.21. The molecule has 1 aliphatic rings. The fraction of sp³-hybridized carbons (Fsp3) is 0.300. The Balaban J connectivity index is 1.47. The van der Waals surface area contributed by atoms with Crippen LogP contribution in [0.15, 0.2) is 30.9 Å². The number of aromatic nitrogens is 7. The van der Waals surface area contributed by atoms with Crippen LogP contribution in [0, 0.1) is 12.9 Å². The van der Waals surface area contributed by atoms with Crippen molar-refractivity contribution in [2.75, 3.05) is 5.32 Å². The molecule has 0 bridgehead atoms. The Morgan fingerprint density at radius 2 is 2.00 bits per heavy atom. The van der Waals surface area contributed by atoms with Crippen LogP contribution in [0.5, 0.6) is 0 Å². The van der Waals surface area contributed by atoms with Crippen molar-refractivity contribution in [3.05, 3.63) is 58.6 Å². The predicted molar refractivity (Wildman–Crippen MR) is 111 cm³/mol. The Labute approximate surface area is 181 Å². The van der Waals surface area contributed by atoms with Gasteiger partial charge in [-0.25, -0.2) is 14.5 Å². The number of fused-ring (bicyclic) bond motifs is 3. The minimum Gasteiger partial charge on any atom is -0.324 e.